The number of halogens is 1. The Bertz CT molecular complexity index is 990. The first kappa shape index (κ1) is 21.6. The van der Waals surface area contributed by atoms with Gasteiger partial charge in [-0.15, -0.1) is 0 Å². The SMILES string of the molecule is CCOc1ccc(C2CCCN2C(=O)c2ccc(Cl)c(S(=O)(=O)N(C)C)c2)cc1. The van der Waals surface area contributed by atoms with Crippen LogP contribution in [0.1, 0.15) is 41.7 Å². The number of ether oxygens (including phenoxy) is 1. The highest BCUT2D eigenvalue weighted by atomic mass is 35.5. The van der Waals surface area contributed by atoms with E-state index in [2.05, 4.69) is 0 Å². The Balaban J connectivity index is 1.89. The highest BCUT2D eigenvalue weighted by molar-refractivity contribution is 7.89. The summed E-state index contributed by atoms with van der Waals surface area (Å²) in [6, 6.07) is 12.1. The number of nitrogens with zero attached hydrogens (tertiary/aromatic N) is 2. The number of sulfonamides is 1. The Kier molecular flexibility index (Phi) is 6.51. The lowest BCUT2D eigenvalue weighted by Crippen LogP contribution is -2.31. The van der Waals surface area contributed by atoms with Gasteiger partial charge in [-0.05, 0) is 55.7 Å². The molecule has 1 fully saturated rings. The monoisotopic (exact) mass is 436 g/mol. The lowest BCUT2D eigenvalue weighted by Gasteiger charge is -2.26. The minimum Gasteiger partial charge on any atom is -0.494 e. The highest BCUT2D eigenvalue weighted by Gasteiger charge is 2.32. The molecule has 1 amide bonds. The molecule has 1 heterocycles. The number of carbonyl (C=O) groups is 1. The first-order valence-electron chi connectivity index (χ1n) is 9.51. The second-order valence-electron chi connectivity index (χ2n) is 7.09. The average Bonchev–Trinajstić information content (AvgIpc) is 3.18. The molecular weight excluding hydrogens is 412 g/mol. The van der Waals surface area contributed by atoms with Gasteiger partial charge in [0.2, 0.25) is 10.0 Å². The second kappa shape index (κ2) is 8.73. The number of benzene rings is 2. The summed E-state index contributed by atoms with van der Waals surface area (Å²) in [5.41, 5.74) is 1.35. The zero-order valence-electron chi connectivity index (χ0n) is 16.8. The van der Waals surface area contributed by atoms with E-state index in [9.17, 15) is 13.2 Å². The molecule has 156 valence electrons. The van der Waals surface area contributed by atoms with Crippen molar-refractivity contribution in [2.75, 3.05) is 27.2 Å². The molecule has 1 atom stereocenters. The molecule has 2 aromatic rings. The van der Waals surface area contributed by atoms with E-state index >= 15 is 0 Å². The van der Waals surface area contributed by atoms with Crippen molar-refractivity contribution in [2.24, 2.45) is 0 Å². The van der Waals surface area contributed by atoms with Crippen molar-refractivity contribution in [1.82, 2.24) is 9.21 Å². The van der Waals surface area contributed by atoms with E-state index in [0.29, 0.717) is 18.7 Å². The van der Waals surface area contributed by atoms with Crippen LogP contribution in [0, 0.1) is 0 Å². The van der Waals surface area contributed by atoms with Crippen molar-refractivity contribution >= 4 is 27.5 Å². The summed E-state index contributed by atoms with van der Waals surface area (Å²) in [6.07, 6.45) is 1.75. The van der Waals surface area contributed by atoms with Crippen molar-refractivity contribution in [2.45, 2.75) is 30.7 Å². The molecule has 0 spiro atoms. The van der Waals surface area contributed by atoms with Crippen LogP contribution >= 0.6 is 11.6 Å². The van der Waals surface area contributed by atoms with Crippen LogP contribution in [0.3, 0.4) is 0 Å². The fraction of sp³-hybridized carbons (Fsp3) is 0.381. The van der Waals surface area contributed by atoms with Crippen LogP contribution in [0.25, 0.3) is 0 Å². The fourth-order valence-corrected chi connectivity index (χ4v) is 4.90. The summed E-state index contributed by atoms with van der Waals surface area (Å²) in [7, 11) is -0.880. The maximum atomic E-state index is 13.2. The van der Waals surface area contributed by atoms with Crippen LogP contribution in [0.15, 0.2) is 47.4 Å². The average molecular weight is 437 g/mol. The summed E-state index contributed by atoms with van der Waals surface area (Å²) in [5, 5.41) is 0.0970. The Morgan fingerprint density at radius 2 is 1.90 bits per heavy atom. The minimum absolute atomic E-state index is 0.0530. The molecular formula is C21H25ClN2O4S. The molecule has 29 heavy (non-hydrogen) atoms. The Morgan fingerprint density at radius 1 is 1.21 bits per heavy atom. The Labute approximate surface area is 177 Å². The number of rotatable bonds is 6. The molecule has 6 nitrogen and oxygen atoms in total. The van der Waals surface area contributed by atoms with Gasteiger partial charge in [0, 0.05) is 26.2 Å². The van der Waals surface area contributed by atoms with Gasteiger partial charge in [0.05, 0.1) is 17.7 Å². The van der Waals surface area contributed by atoms with Crippen molar-refractivity contribution in [3.63, 3.8) is 0 Å². The summed E-state index contributed by atoms with van der Waals surface area (Å²) >= 11 is 6.11. The normalized spacial score (nSPS) is 17.0. The number of hydrogen-bond donors (Lipinski definition) is 0. The molecule has 0 aliphatic carbocycles. The maximum absolute atomic E-state index is 13.2. The van der Waals surface area contributed by atoms with Crippen LogP contribution in [0.4, 0.5) is 0 Å². The van der Waals surface area contributed by atoms with Crippen molar-refractivity contribution in [1.29, 1.82) is 0 Å². The standard InChI is InChI=1S/C21H25ClN2O4S/c1-4-28-17-10-7-15(8-11-17)19-6-5-13-24(19)21(25)16-9-12-18(22)20(14-16)29(26,27)23(2)3/h7-12,14,19H,4-6,13H2,1-3H3. The Hall–Kier alpha value is -2.09. The van der Waals surface area contributed by atoms with Gasteiger partial charge < -0.3 is 9.64 Å². The number of likely N-dealkylation sites (tertiary alicyclic amines) is 1. The van der Waals surface area contributed by atoms with Gasteiger partial charge in [-0.1, -0.05) is 23.7 Å². The fourth-order valence-electron chi connectivity index (χ4n) is 3.51. The van der Waals surface area contributed by atoms with Gasteiger partial charge >= 0.3 is 0 Å². The largest absolute Gasteiger partial charge is 0.494 e. The van der Waals surface area contributed by atoms with Crippen LogP contribution in [0.2, 0.25) is 5.02 Å². The first-order valence-corrected chi connectivity index (χ1v) is 11.3. The summed E-state index contributed by atoms with van der Waals surface area (Å²) in [6.45, 7) is 3.15. The van der Waals surface area contributed by atoms with Crippen molar-refractivity contribution in [3.8, 4) is 5.75 Å². The third kappa shape index (κ3) is 4.42. The third-order valence-corrected chi connectivity index (χ3v) is 7.32. The lowest BCUT2D eigenvalue weighted by molar-refractivity contribution is 0.0735. The van der Waals surface area contributed by atoms with E-state index in [1.54, 1.807) is 11.0 Å². The Morgan fingerprint density at radius 3 is 2.52 bits per heavy atom. The molecule has 1 unspecified atom stereocenters. The van der Waals surface area contributed by atoms with Crippen molar-refractivity contribution in [3.05, 3.63) is 58.6 Å². The molecule has 8 heteroatoms. The van der Waals surface area contributed by atoms with Gasteiger partial charge in [-0.3, -0.25) is 4.79 Å². The van der Waals surface area contributed by atoms with Gasteiger partial charge in [0.15, 0.2) is 0 Å². The quantitative estimate of drug-likeness (QED) is 0.687. The minimum atomic E-state index is -3.75. The third-order valence-electron chi connectivity index (χ3n) is 5.03. The van der Waals surface area contributed by atoms with E-state index in [1.165, 1.54) is 26.2 Å². The molecule has 0 N–H and O–H groups in total. The number of hydrogen-bond acceptors (Lipinski definition) is 4. The topological polar surface area (TPSA) is 66.9 Å². The highest BCUT2D eigenvalue weighted by Crippen LogP contribution is 2.35. The zero-order valence-corrected chi connectivity index (χ0v) is 18.3. The summed E-state index contributed by atoms with van der Waals surface area (Å²) < 4.78 is 31.6. The van der Waals surface area contributed by atoms with Crippen molar-refractivity contribution < 1.29 is 17.9 Å². The smallest absolute Gasteiger partial charge is 0.254 e. The van der Waals surface area contributed by atoms with E-state index in [0.717, 1.165) is 28.5 Å². The van der Waals surface area contributed by atoms with E-state index in [4.69, 9.17) is 16.3 Å². The van der Waals surface area contributed by atoms with E-state index in [1.807, 2.05) is 31.2 Å². The molecule has 3 rings (SSSR count). The molecule has 0 bridgehead atoms. The molecule has 1 saturated heterocycles. The predicted molar refractivity (Wildman–Crippen MR) is 113 cm³/mol. The van der Waals surface area contributed by atoms with Crippen LogP contribution in [-0.2, 0) is 10.0 Å². The van der Waals surface area contributed by atoms with Crippen LogP contribution in [0.5, 0.6) is 5.75 Å². The summed E-state index contributed by atoms with van der Waals surface area (Å²) in [4.78, 5) is 14.9. The van der Waals surface area contributed by atoms with E-state index in [-0.39, 0.29) is 21.9 Å². The molecule has 1 aliphatic rings. The van der Waals surface area contributed by atoms with Gasteiger partial charge in [-0.25, -0.2) is 12.7 Å². The van der Waals surface area contributed by atoms with E-state index < -0.39 is 10.0 Å². The number of carbonyl (C=O) groups excluding carboxylic acids is 1. The lowest BCUT2D eigenvalue weighted by atomic mass is 10.0. The second-order valence-corrected chi connectivity index (χ2v) is 9.62. The van der Waals surface area contributed by atoms with Crippen LogP contribution in [-0.4, -0.2) is 50.8 Å². The number of amides is 1. The molecule has 0 saturated carbocycles. The zero-order chi connectivity index (χ0) is 21.2. The van der Waals surface area contributed by atoms with Crippen LogP contribution < -0.4 is 4.74 Å². The maximum Gasteiger partial charge on any atom is 0.254 e. The van der Waals surface area contributed by atoms with Gasteiger partial charge in [0.1, 0.15) is 10.6 Å². The predicted octanol–water partition coefficient (Wildman–Crippen LogP) is 3.97. The molecule has 0 radical (unpaired) electrons. The molecule has 2 aromatic carbocycles. The van der Waals surface area contributed by atoms with Gasteiger partial charge in [-0.2, -0.15) is 0 Å². The first-order chi connectivity index (χ1) is 13.8. The summed E-state index contributed by atoms with van der Waals surface area (Å²) in [5.74, 6) is 0.594. The molecule has 0 aromatic heterocycles. The molecule has 1 aliphatic heterocycles. The van der Waals surface area contributed by atoms with Gasteiger partial charge in [0.25, 0.3) is 5.91 Å².